The number of carbonyl (C=O) groups is 1. The van der Waals surface area contributed by atoms with Gasteiger partial charge in [-0.2, -0.15) is 0 Å². The van der Waals surface area contributed by atoms with Crippen molar-refractivity contribution in [2.45, 2.75) is 51.7 Å². The predicted molar refractivity (Wildman–Crippen MR) is 49.6 cm³/mol. The molecule has 2 atom stereocenters. The monoisotopic (exact) mass is 186 g/mol. The zero-order chi connectivity index (χ0) is 9.84. The lowest BCUT2D eigenvalue weighted by molar-refractivity contribution is -0.151. The van der Waals surface area contributed by atoms with E-state index in [2.05, 4.69) is 0 Å². The van der Waals surface area contributed by atoms with Crippen molar-refractivity contribution in [1.29, 1.82) is 0 Å². The molecule has 1 heterocycles. The van der Waals surface area contributed by atoms with Gasteiger partial charge in [0.25, 0.3) is 0 Å². The minimum atomic E-state index is -0.666. The van der Waals surface area contributed by atoms with Gasteiger partial charge >= 0.3 is 5.97 Å². The van der Waals surface area contributed by atoms with Crippen molar-refractivity contribution in [1.82, 2.24) is 0 Å². The number of ether oxygens (including phenoxy) is 1. The SMILES string of the molecule is CCC1CC(C(=O)O)CC(CC)O1. The van der Waals surface area contributed by atoms with E-state index < -0.39 is 5.97 Å². The Hall–Kier alpha value is -0.570. The molecule has 0 amide bonds. The Balaban J connectivity index is 2.54. The van der Waals surface area contributed by atoms with E-state index in [-0.39, 0.29) is 18.1 Å². The number of hydrogen-bond donors (Lipinski definition) is 1. The lowest BCUT2D eigenvalue weighted by atomic mass is 9.90. The summed E-state index contributed by atoms with van der Waals surface area (Å²) in [7, 11) is 0. The quantitative estimate of drug-likeness (QED) is 0.733. The topological polar surface area (TPSA) is 46.5 Å². The highest BCUT2D eigenvalue weighted by Gasteiger charge is 2.31. The van der Waals surface area contributed by atoms with Gasteiger partial charge in [0, 0.05) is 0 Å². The summed E-state index contributed by atoms with van der Waals surface area (Å²) in [5.41, 5.74) is 0. The van der Waals surface area contributed by atoms with Crippen molar-refractivity contribution in [3.05, 3.63) is 0 Å². The van der Waals surface area contributed by atoms with Gasteiger partial charge in [-0.1, -0.05) is 13.8 Å². The van der Waals surface area contributed by atoms with Gasteiger partial charge in [0.05, 0.1) is 18.1 Å². The fraction of sp³-hybridized carbons (Fsp3) is 0.900. The lowest BCUT2D eigenvalue weighted by Gasteiger charge is -2.32. The summed E-state index contributed by atoms with van der Waals surface area (Å²) < 4.78 is 5.70. The summed E-state index contributed by atoms with van der Waals surface area (Å²) in [5, 5.41) is 8.91. The molecule has 0 aromatic rings. The first-order valence-electron chi connectivity index (χ1n) is 5.05. The molecule has 1 rings (SSSR count). The Morgan fingerprint density at radius 2 is 1.77 bits per heavy atom. The van der Waals surface area contributed by atoms with Crippen LogP contribution in [0.25, 0.3) is 0 Å². The average molecular weight is 186 g/mol. The van der Waals surface area contributed by atoms with Crippen LogP contribution in [-0.4, -0.2) is 23.3 Å². The second-order valence-corrected chi connectivity index (χ2v) is 3.70. The second-order valence-electron chi connectivity index (χ2n) is 3.70. The molecule has 1 fully saturated rings. The molecule has 0 radical (unpaired) electrons. The molecule has 1 aliphatic rings. The molecule has 3 nitrogen and oxygen atoms in total. The molecule has 3 heteroatoms. The van der Waals surface area contributed by atoms with Crippen LogP contribution in [0.15, 0.2) is 0 Å². The Kier molecular flexibility index (Phi) is 3.72. The average Bonchev–Trinajstić information content (AvgIpc) is 2.16. The fourth-order valence-corrected chi connectivity index (χ4v) is 1.84. The molecular weight excluding hydrogens is 168 g/mol. The Labute approximate surface area is 79.1 Å². The van der Waals surface area contributed by atoms with Gasteiger partial charge in [-0.05, 0) is 25.7 Å². The van der Waals surface area contributed by atoms with E-state index >= 15 is 0 Å². The highest BCUT2D eigenvalue weighted by Crippen LogP contribution is 2.28. The Morgan fingerprint density at radius 3 is 2.08 bits per heavy atom. The molecule has 0 bridgehead atoms. The standard InChI is InChI=1S/C10H18O3/c1-3-8-5-7(10(11)12)6-9(4-2)13-8/h7-9H,3-6H2,1-2H3,(H,11,12). The van der Waals surface area contributed by atoms with Crippen molar-refractivity contribution in [3.63, 3.8) is 0 Å². The summed E-state index contributed by atoms with van der Waals surface area (Å²) in [6.45, 7) is 4.09. The van der Waals surface area contributed by atoms with Gasteiger partial charge in [-0.15, -0.1) is 0 Å². The van der Waals surface area contributed by atoms with Crippen LogP contribution in [0.1, 0.15) is 39.5 Å². The van der Waals surface area contributed by atoms with Crippen molar-refractivity contribution in [2.24, 2.45) is 5.92 Å². The van der Waals surface area contributed by atoms with Crippen molar-refractivity contribution < 1.29 is 14.6 Å². The van der Waals surface area contributed by atoms with Crippen LogP contribution in [0.5, 0.6) is 0 Å². The molecule has 0 saturated carbocycles. The Morgan fingerprint density at radius 1 is 1.31 bits per heavy atom. The zero-order valence-corrected chi connectivity index (χ0v) is 8.32. The van der Waals surface area contributed by atoms with Crippen LogP contribution >= 0.6 is 0 Å². The maximum atomic E-state index is 10.8. The molecule has 13 heavy (non-hydrogen) atoms. The molecule has 2 unspecified atom stereocenters. The summed E-state index contributed by atoms with van der Waals surface area (Å²) in [6, 6.07) is 0. The summed E-state index contributed by atoms with van der Waals surface area (Å²) in [4.78, 5) is 10.8. The first kappa shape index (κ1) is 10.5. The van der Waals surface area contributed by atoms with Gasteiger partial charge < -0.3 is 9.84 Å². The van der Waals surface area contributed by atoms with Crippen molar-refractivity contribution in [3.8, 4) is 0 Å². The van der Waals surface area contributed by atoms with Crippen LogP contribution in [0.2, 0.25) is 0 Å². The van der Waals surface area contributed by atoms with Crippen LogP contribution in [-0.2, 0) is 9.53 Å². The number of carboxylic acid groups (broad SMARTS) is 1. The molecule has 0 spiro atoms. The van der Waals surface area contributed by atoms with Crippen molar-refractivity contribution in [2.75, 3.05) is 0 Å². The molecule has 1 N–H and O–H groups in total. The molecule has 1 aliphatic heterocycles. The first-order valence-corrected chi connectivity index (χ1v) is 5.05. The number of carboxylic acids is 1. The van der Waals surface area contributed by atoms with Crippen LogP contribution < -0.4 is 0 Å². The third-order valence-corrected chi connectivity index (χ3v) is 2.74. The van der Waals surface area contributed by atoms with Gasteiger partial charge in [0.1, 0.15) is 0 Å². The number of rotatable bonds is 3. The van der Waals surface area contributed by atoms with Gasteiger partial charge in [-0.25, -0.2) is 0 Å². The summed E-state index contributed by atoms with van der Waals surface area (Å²) >= 11 is 0. The molecule has 0 aliphatic carbocycles. The number of aliphatic carboxylic acids is 1. The van der Waals surface area contributed by atoms with E-state index in [1.165, 1.54) is 0 Å². The molecule has 0 aromatic carbocycles. The molecule has 76 valence electrons. The fourth-order valence-electron chi connectivity index (χ4n) is 1.84. The highest BCUT2D eigenvalue weighted by molar-refractivity contribution is 5.70. The minimum absolute atomic E-state index is 0.153. The highest BCUT2D eigenvalue weighted by atomic mass is 16.5. The van der Waals surface area contributed by atoms with E-state index in [0.717, 1.165) is 12.8 Å². The van der Waals surface area contributed by atoms with Gasteiger partial charge in [0.15, 0.2) is 0 Å². The van der Waals surface area contributed by atoms with E-state index in [1.54, 1.807) is 0 Å². The van der Waals surface area contributed by atoms with E-state index in [9.17, 15) is 4.79 Å². The third-order valence-electron chi connectivity index (χ3n) is 2.74. The molecular formula is C10H18O3. The normalized spacial score (nSPS) is 34.5. The third kappa shape index (κ3) is 2.69. The molecule has 1 saturated heterocycles. The van der Waals surface area contributed by atoms with Gasteiger partial charge in [-0.3, -0.25) is 4.79 Å². The van der Waals surface area contributed by atoms with Crippen LogP contribution in [0.3, 0.4) is 0 Å². The van der Waals surface area contributed by atoms with Crippen LogP contribution in [0, 0.1) is 5.92 Å². The maximum Gasteiger partial charge on any atom is 0.306 e. The van der Waals surface area contributed by atoms with E-state index in [4.69, 9.17) is 9.84 Å². The maximum absolute atomic E-state index is 10.8. The first-order chi connectivity index (χ1) is 6.17. The van der Waals surface area contributed by atoms with E-state index in [1.807, 2.05) is 13.8 Å². The lowest BCUT2D eigenvalue weighted by Crippen LogP contribution is -2.35. The largest absolute Gasteiger partial charge is 0.481 e. The summed E-state index contributed by atoms with van der Waals surface area (Å²) in [5.74, 6) is -0.858. The summed E-state index contributed by atoms with van der Waals surface area (Å²) in [6.07, 6.45) is 3.50. The predicted octanol–water partition coefficient (Wildman–Crippen LogP) is 2.05. The molecule has 0 aromatic heterocycles. The van der Waals surface area contributed by atoms with Gasteiger partial charge in [0.2, 0.25) is 0 Å². The minimum Gasteiger partial charge on any atom is -0.481 e. The zero-order valence-electron chi connectivity index (χ0n) is 8.32. The number of hydrogen-bond acceptors (Lipinski definition) is 2. The smallest absolute Gasteiger partial charge is 0.306 e. The Bertz CT molecular complexity index is 167. The second kappa shape index (κ2) is 4.61. The van der Waals surface area contributed by atoms with E-state index in [0.29, 0.717) is 12.8 Å². The van der Waals surface area contributed by atoms with Crippen molar-refractivity contribution >= 4 is 5.97 Å². The van der Waals surface area contributed by atoms with Crippen LogP contribution in [0.4, 0.5) is 0 Å².